The second-order valence-electron chi connectivity index (χ2n) is 6.19. The number of methoxy groups -OCH3 is 1. The molecule has 2 N–H and O–H groups in total. The Hall–Kier alpha value is -0.880. The zero-order chi connectivity index (χ0) is 15.5. The zero-order valence-corrected chi connectivity index (χ0v) is 14.3. The minimum Gasteiger partial charge on any atom is -0.496 e. The van der Waals surface area contributed by atoms with Crippen LogP contribution in [-0.4, -0.2) is 49.9 Å². The van der Waals surface area contributed by atoms with Crippen LogP contribution < -0.4 is 10.1 Å². The summed E-state index contributed by atoms with van der Waals surface area (Å²) in [6, 6.07) is 4.67. The van der Waals surface area contributed by atoms with E-state index in [1.165, 1.54) is 6.07 Å². The first kappa shape index (κ1) is 19.2. The van der Waals surface area contributed by atoms with Crippen molar-refractivity contribution in [1.29, 1.82) is 0 Å². The van der Waals surface area contributed by atoms with Crippen molar-refractivity contribution in [2.45, 2.75) is 19.9 Å². The Bertz CT molecular complexity index is 479. The van der Waals surface area contributed by atoms with Crippen LogP contribution in [-0.2, 0) is 0 Å². The van der Waals surface area contributed by atoms with E-state index in [0.29, 0.717) is 11.3 Å². The minimum atomic E-state index is -0.465. The van der Waals surface area contributed by atoms with Gasteiger partial charge in [0.2, 0.25) is 0 Å². The topological polar surface area (TPSA) is 44.7 Å². The number of nitrogens with zero attached hydrogens (tertiary/aromatic N) is 1. The monoisotopic (exact) mass is 332 g/mol. The van der Waals surface area contributed by atoms with Gasteiger partial charge in [-0.3, -0.25) is 4.90 Å². The summed E-state index contributed by atoms with van der Waals surface area (Å²) in [5, 5.41) is 13.1. The van der Waals surface area contributed by atoms with Gasteiger partial charge < -0.3 is 15.2 Å². The average Bonchev–Trinajstić information content (AvgIpc) is 2.50. The fourth-order valence-corrected chi connectivity index (χ4v) is 3.05. The van der Waals surface area contributed by atoms with Gasteiger partial charge in [-0.15, -0.1) is 12.4 Å². The SMILES string of the molecule is COc1cccc(F)c1[C@H](N1CCNCC1)C(C)(C)CO.Cl. The standard InChI is InChI=1S/C16H25FN2O2.ClH/c1-16(2,11-20)15(19-9-7-18-8-10-19)14-12(17)5-4-6-13(14)21-3;/h4-6,15,18,20H,7-11H2,1-3H3;1H/t15-;/m0./s1. The second kappa shape index (κ2) is 8.11. The number of benzene rings is 1. The van der Waals surface area contributed by atoms with E-state index in [1.807, 2.05) is 13.8 Å². The van der Waals surface area contributed by atoms with Crippen molar-refractivity contribution < 1.29 is 14.2 Å². The molecule has 0 saturated carbocycles. The number of aliphatic hydroxyl groups excluding tert-OH is 1. The van der Waals surface area contributed by atoms with Gasteiger partial charge in [0.05, 0.1) is 7.11 Å². The van der Waals surface area contributed by atoms with Crippen LogP contribution >= 0.6 is 12.4 Å². The van der Waals surface area contributed by atoms with Gasteiger partial charge in [0.15, 0.2) is 0 Å². The number of halogens is 2. The lowest BCUT2D eigenvalue weighted by atomic mass is 9.79. The molecule has 6 heteroatoms. The zero-order valence-electron chi connectivity index (χ0n) is 13.4. The van der Waals surface area contributed by atoms with E-state index in [2.05, 4.69) is 10.2 Å². The van der Waals surface area contributed by atoms with Crippen LogP contribution in [0.1, 0.15) is 25.5 Å². The third-order valence-electron chi connectivity index (χ3n) is 4.17. The third kappa shape index (κ3) is 3.90. The summed E-state index contributed by atoms with van der Waals surface area (Å²) in [7, 11) is 1.55. The second-order valence-corrected chi connectivity index (χ2v) is 6.19. The fraction of sp³-hybridized carbons (Fsp3) is 0.625. The van der Waals surface area contributed by atoms with Crippen LogP contribution in [0.2, 0.25) is 0 Å². The number of hydrogen-bond acceptors (Lipinski definition) is 4. The molecule has 1 aromatic rings. The summed E-state index contributed by atoms with van der Waals surface area (Å²) >= 11 is 0. The van der Waals surface area contributed by atoms with Crippen LogP contribution in [0, 0.1) is 11.2 Å². The molecule has 0 spiro atoms. The highest BCUT2D eigenvalue weighted by Crippen LogP contribution is 2.43. The van der Waals surface area contributed by atoms with E-state index in [1.54, 1.807) is 19.2 Å². The van der Waals surface area contributed by atoms with Gasteiger partial charge in [-0.2, -0.15) is 0 Å². The van der Waals surface area contributed by atoms with E-state index in [9.17, 15) is 9.50 Å². The molecule has 1 aliphatic rings. The van der Waals surface area contributed by atoms with Gasteiger partial charge in [0.25, 0.3) is 0 Å². The lowest BCUT2D eigenvalue weighted by Gasteiger charge is -2.43. The van der Waals surface area contributed by atoms with Crippen molar-refractivity contribution in [3.8, 4) is 5.75 Å². The Morgan fingerprint density at radius 1 is 1.36 bits per heavy atom. The van der Waals surface area contributed by atoms with Gasteiger partial charge >= 0.3 is 0 Å². The summed E-state index contributed by atoms with van der Waals surface area (Å²) < 4.78 is 19.9. The van der Waals surface area contributed by atoms with Gasteiger partial charge in [0.1, 0.15) is 11.6 Å². The summed E-state index contributed by atoms with van der Waals surface area (Å²) in [6.07, 6.45) is 0. The van der Waals surface area contributed by atoms with Crippen molar-refractivity contribution in [2.24, 2.45) is 5.41 Å². The summed E-state index contributed by atoms with van der Waals surface area (Å²) in [5.74, 6) is 0.263. The molecule has 0 amide bonds. The van der Waals surface area contributed by atoms with Crippen LogP contribution in [0.3, 0.4) is 0 Å². The first-order chi connectivity index (χ1) is 10.0. The fourth-order valence-electron chi connectivity index (χ4n) is 3.05. The first-order valence-corrected chi connectivity index (χ1v) is 7.39. The Morgan fingerprint density at radius 2 is 2.00 bits per heavy atom. The normalized spacial score (nSPS) is 17.7. The van der Waals surface area contributed by atoms with Crippen molar-refractivity contribution in [3.05, 3.63) is 29.6 Å². The van der Waals surface area contributed by atoms with E-state index in [-0.39, 0.29) is 30.9 Å². The molecule has 1 saturated heterocycles. The molecule has 0 bridgehead atoms. The van der Waals surface area contributed by atoms with Crippen molar-refractivity contribution in [1.82, 2.24) is 10.2 Å². The first-order valence-electron chi connectivity index (χ1n) is 7.39. The Labute approximate surface area is 138 Å². The smallest absolute Gasteiger partial charge is 0.131 e. The van der Waals surface area contributed by atoms with Crippen molar-refractivity contribution in [2.75, 3.05) is 39.9 Å². The highest BCUT2D eigenvalue weighted by molar-refractivity contribution is 5.85. The molecule has 4 nitrogen and oxygen atoms in total. The minimum absolute atomic E-state index is 0. The van der Waals surface area contributed by atoms with E-state index in [0.717, 1.165) is 26.2 Å². The van der Waals surface area contributed by atoms with Crippen LogP contribution in [0.25, 0.3) is 0 Å². The number of hydrogen-bond donors (Lipinski definition) is 2. The molecule has 1 atom stereocenters. The number of piperazine rings is 1. The number of nitrogens with one attached hydrogen (secondary N) is 1. The quantitative estimate of drug-likeness (QED) is 0.868. The van der Waals surface area contributed by atoms with Gasteiger partial charge in [0, 0.05) is 49.8 Å². The van der Waals surface area contributed by atoms with E-state index in [4.69, 9.17) is 4.74 Å². The molecule has 0 radical (unpaired) electrons. The van der Waals surface area contributed by atoms with Crippen molar-refractivity contribution in [3.63, 3.8) is 0 Å². The van der Waals surface area contributed by atoms with E-state index < -0.39 is 5.41 Å². The van der Waals surface area contributed by atoms with Crippen LogP contribution in [0.5, 0.6) is 5.75 Å². The predicted molar refractivity (Wildman–Crippen MR) is 88.3 cm³/mol. The number of rotatable bonds is 5. The van der Waals surface area contributed by atoms with Crippen molar-refractivity contribution >= 4 is 12.4 Å². The summed E-state index contributed by atoms with van der Waals surface area (Å²) in [5.41, 5.74) is 0.0771. The number of ether oxygens (including phenoxy) is 1. The van der Waals surface area contributed by atoms with Gasteiger partial charge in [-0.1, -0.05) is 19.9 Å². The molecule has 1 heterocycles. The molecule has 0 unspecified atom stereocenters. The highest BCUT2D eigenvalue weighted by atomic mass is 35.5. The maximum atomic E-state index is 14.5. The number of aliphatic hydroxyl groups is 1. The Morgan fingerprint density at radius 3 is 2.55 bits per heavy atom. The van der Waals surface area contributed by atoms with Gasteiger partial charge in [-0.05, 0) is 12.1 Å². The summed E-state index contributed by atoms with van der Waals surface area (Å²) in [4.78, 5) is 2.23. The molecule has 1 fully saturated rings. The lowest BCUT2D eigenvalue weighted by molar-refractivity contribution is 0.0273. The Balaban J connectivity index is 0.00000242. The van der Waals surface area contributed by atoms with Gasteiger partial charge in [-0.25, -0.2) is 4.39 Å². The van der Waals surface area contributed by atoms with E-state index >= 15 is 0 Å². The molecular weight excluding hydrogens is 307 g/mol. The molecule has 1 aromatic carbocycles. The highest BCUT2D eigenvalue weighted by Gasteiger charge is 2.38. The molecule has 22 heavy (non-hydrogen) atoms. The maximum Gasteiger partial charge on any atom is 0.131 e. The molecule has 1 aliphatic heterocycles. The molecule has 2 rings (SSSR count). The Kier molecular flexibility index (Phi) is 7.06. The van der Waals surface area contributed by atoms with Crippen LogP contribution in [0.15, 0.2) is 18.2 Å². The lowest BCUT2D eigenvalue weighted by Crippen LogP contribution is -2.49. The predicted octanol–water partition coefficient (Wildman–Crippen LogP) is 2.22. The molecule has 0 aromatic heterocycles. The third-order valence-corrected chi connectivity index (χ3v) is 4.17. The summed E-state index contributed by atoms with van der Waals surface area (Å²) in [6.45, 7) is 7.30. The molecular formula is C16H26ClFN2O2. The molecule has 126 valence electrons. The maximum absolute atomic E-state index is 14.5. The van der Waals surface area contributed by atoms with Crippen LogP contribution in [0.4, 0.5) is 4.39 Å². The largest absolute Gasteiger partial charge is 0.496 e. The average molecular weight is 333 g/mol. The molecule has 0 aliphatic carbocycles.